The van der Waals surface area contributed by atoms with E-state index < -0.39 is 12.1 Å². The summed E-state index contributed by atoms with van der Waals surface area (Å²) in [5, 5.41) is 4.68. The third kappa shape index (κ3) is 4.37. The van der Waals surface area contributed by atoms with E-state index in [0.717, 1.165) is 5.56 Å². The third-order valence-electron chi connectivity index (χ3n) is 3.88. The van der Waals surface area contributed by atoms with Gasteiger partial charge in [-0.25, -0.2) is 4.79 Å². The number of nitrogens with zero attached hydrogens (tertiary/aromatic N) is 2. The van der Waals surface area contributed by atoms with Crippen LogP contribution in [0, 0.1) is 0 Å². The molecule has 0 aliphatic heterocycles. The minimum atomic E-state index is -0.882. The minimum absolute atomic E-state index is 0.273. The van der Waals surface area contributed by atoms with Crippen LogP contribution in [0.2, 0.25) is 5.02 Å². The van der Waals surface area contributed by atoms with E-state index in [1.807, 2.05) is 24.4 Å². The van der Waals surface area contributed by atoms with E-state index >= 15 is 0 Å². The first-order valence-corrected chi connectivity index (χ1v) is 8.48. The van der Waals surface area contributed by atoms with Gasteiger partial charge in [0, 0.05) is 23.0 Å². The quantitative estimate of drug-likeness (QED) is 0.487. The maximum Gasteiger partial charge on any atom is 0.338 e. The molecule has 0 saturated carbocycles. The third-order valence-corrected chi connectivity index (χ3v) is 4.13. The standard InChI is InChI=1S/C20H17ClN2O3/c1-14(19(24)16-7-9-18(21)10-8-16)26-20(25)17-5-3-15(4-6-17)13-23-12-2-11-22-23/h2-12,14H,13H2,1H3. The lowest BCUT2D eigenvalue weighted by atomic mass is 10.1. The van der Waals surface area contributed by atoms with Crippen molar-refractivity contribution in [3.63, 3.8) is 0 Å². The van der Waals surface area contributed by atoms with Crippen molar-refractivity contribution in [2.45, 2.75) is 19.6 Å². The zero-order valence-electron chi connectivity index (χ0n) is 14.1. The van der Waals surface area contributed by atoms with Crippen LogP contribution in [0.15, 0.2) is 67.0 Å². The number of hydrogen-bond donors (Lipinski definition) is 0. The molecule has 132 valence electrons. The highest BCUT2D eigenvalue weighted by molar-refractivity contribution is 6.30. The summed E-state index contributed by atoms with van der Waals surface area (Å²) < 4.78 is 7.08. The average molecular weight is 369 g/mol. The van der Waals surface area contributed by atoms with Crippen LogP contribution in [0.3, 0.4) is 0 Å². The predicted octanol–water partition coefficient (Wildman–Crippen LogP) is 4.01. The summed E-state index contributed by atoms with van der Waals surface area (Å²) >= 11 is 5.82. The number of aromatic nitrogens is 2. The van der Waals surface area contributed by atoms with Crippen molar-refractivity contribution in [1.82, 2.24) is 9.78 Å². The Morgan fingerprint density at radius 2 is 1.73 bits per heavy atom. The molecule has 0 amide bonds. The van der Waals surface area contributed by atoms with Gasteiger partial charge in [0.05, 0.1) is 12.1 Å². The van der Waals surface area contributed by atoms with Crippen LogP contribution in [0.25, 0.3) is 0 Å². The first-order valence-electron chi connectivity index (χ1n) is 8.10. The van der Waals surface area contributed by atoms with Gasteiger partial charge in [-0.15, -0.1) is 0 Å². The summed E-state index contributed by atoms with van der Waals surface area (Å²) in [7, 11) is 0. The zero-order chi connectivity index (χ0) is 18.5. The Hall–Kier alpha value is -2.92. The normalized spacial score (nSPS) is 11.8. The molecule has 0 fully saturated rings. The highest BCUT2D eigenvalue weighted by Gasteiger charge is 2.20. The molecule has 0 radical (unpaired) electrons. The van der Waals surface area contributed by atoms with Gasteiger partial charge < -0.3 is 4.74 Å². The monoisotopic (exact) mass is 368 g/mol. The molecule has 1 aromatic heterocycles. The van der Waals surface area contributed by atoms with Crippen LogP contribution in [0.5, 0.6) is 0 Å². The SMILES string of the molecule is CC(OC(=O)c1ccc(Cn2cccn2)cc1)C(=O)c1ccc(Cl)cc1. The molecule has 0 saturated heterocycles. The van der Waals surface area contributed by atoms with Crippen molar-refractivity contribution in [2.24, 2.45) is 0 Å². The summed E-state index contributed by atoms with van der Waals surface area (Å²) in [4.78, 5) is 24.6. The summed E-state index contributed by atoms with van der Waals surface area (Å²) in [6, 6.07) is 15.4. The van der Waals surface area contributed by atoms with Crippen LogP contribution in [-0.2, 0) is 11.3 Å². The number of Topliss-reactive ketones (excluding diaryl/α,β-unsaturated/α-hetero) is 1. The van der Waals surface area contributed by atoms with Gasteiger partial charge in [-0.2, -0.15) is 5.10 Å². The summed E-state index contributed by atoms with van der Waals surface area (Å²) in [5.41, 5.74) is 1.85. The Morgan fingerprint density at radius 3 is 2.35 bits per heavy atom. The van der Waals surface area contributed by atoms with Gasteiger partial charge in [0.2, 0.25) is 5.78 Å². The Morgan fingerprint density at radius 1 is 1.08 bits per heavy atom. The summed E-state index contributed by atoms with van der Waals surface area (Å²) in [6.07, 6.45) is 2.70. The first kappa shape index (κ1) is 17.9. The van der Waals surface area contributed by atoms with Crippen molar-refractivity contribution in [2.75, 3.05) is 0 Å². The van der Waals surface area contributed by atoms with E-state index in [0.29, 0.717) is 22.7 Å². The smallest absolute Gasteiger partial charge is 0.338 e. The van der Waals surface area contributed by atoms with Crippen molar-refractivity contribution in [3.05, 3.63) is 88.7 Å². The Bertz CT molecular complexity index is 888. The molecule has 2 aromatic carbocycles. The molecule has 26 heavy (non-hydrogen) atoms. The largest absolute Gasteiger partial charge is 0.451 e. The molecule has 6 heteroatoms. The lowest BCUT2D eigenvalue weighted by molar-refractivity contribution is 0.0319. The molecular weight excluding hydrogens is 352 g/mol. The Labute approximate surface area is 156 Å². The van der Waals surface area contributed by atoms with E-state index in [-0.39, 0.29) is 5.78 Å². The van der Waals surface area contributed by atoms with Crippen LogP contribution >= 0.6 is 11.6 Å². The van der Waals surface area contributed by atoms with Gasteiger partial charge in [0.1, 0.15) is 0 Å². The molecule has 3 aromatic rings. The summed E-state index contributed by atoms with van der Waals surface area (Å²) in [5.74, 6) is -0.809. The van der Waals surface area contributed by atoms with E-state index in [4.69, 9.17) is 16.3 Å². The fraction of sp³-hybridized carbons (Fsp3) is 0.150. The molecule has 1 atom stereocenters. The molecule has 3 rings (SSSR count). The second kappa shape index (κ2) is 7.97. The molecule has 0 bridgehead atoms. The number of esters is 1. The fourth-order valence-electron chi connectivity index (χ4n) is 2.46. The van der Waals surface area contributed by atoms with E-state index in [1.165, 1.54) is 0 Å². The second-order valence-electron chi connectivity index (χ2n) is 5.82. The maximum absolute atomic E-state index is 12.3. The van der Waals surface area contributed by atoms with Crippen molar-refractivity contribution >= 4 is 23.4 Å². The number of hydrogen-bond acceptors (Lipinski definition) is 4. The summed E-state index contributed by atoms with van der Waals surface area (Å²) in [6.45, 7) is 2.18. The van der Waals surface area contributed by atoms with Crippen molar-refractivity contribution < 1.29 is 14.3 Å². The molecule has 0 aliphatic rings. The molecule has 1 heterocycles. The highest BCUT2D eigenvalue weighted by Crippen LogP contribution is 2.14. The van der Waals surface area contributed by atoms with Gasteiger partial charge >= 0.3 is 5.97 Å². The number of rotatable bonds is 6. The molecule has 0 spiro atoms. The van der Waals surface area contributed by atoms with E-state index in [1.54, 1.807) is 54.2 Å². The Balaban J connectivity index is 1.61. The van der Waals surface area contributed by atoms with Crippen LogP contribution in [0.4, 0.5) is 0 Å². The van der Waals surface area contributed by atoms with Gasteiger partial charge in [0.15, 0.2) is 6.10 Å². The second-order valence-corrected chi connectivity index (χ2v) is 6.26. The molecule has 5 nitrogen and oxygen atoms in total. The number of benzene rings is 2. The van der Waals surface area contributed by atoms with Gasteiger partial charge in [-0.3, -0.25) is 9.48 Å². The fourth-order valence-corrected chi connectivity index (χ4v) is 2.58. The number of carbonyl (C=O) groups excluding carboxylic acids is 2. The van der Waals surface area contributed by atoms with Crippen molar-refractivity contribution in [1.29, 1.82) is 0 Å². The first-order chi connectivity index (χ1) is 12.5. The number of ether oxygens (including phenoxy) is 1. The van der Waals surface area contributed by atoms with Crippen LogP contribution in [-0.4, -0.2) is 27.6 Å². The topological polar surface area (TPSA) is 61.2 Å². The molecule has 0 N–H and O–H groups in total. The lowest BCUT2D eigenvalue weighted by Gasteiger charge is -2.12. The minimum Gasteiger partial charge on any atom is -0.451 e. The molecule has 1 unspecified atom stereocenters. The number of ketones is 1. The number of carbonyl (C=O) groups is 2. The maximum atomic E-state index is 12.3. The van der Waals surface area contributed by atoms with Crippen LogP contribution in [0.1, 0.15) is 33.2 Å². The van der Waals surface area contributed by atoms with E-state index in [9.17, 15) is 9.59 Å². The highest BCUT2D eigenvalue weighted by atomic mass is 35.5. The Kier molecular flexibility index (Phi) is 5.49. The predicted molar refractivity (Wildman–Crippen MR) is 98.4 cm³/mol. The van der Waals surface area contributed by atoms with Gasteiger partial charge in [-0.05, 0) is 55.0 Å². The molecular formula is C20H17ClN2O3. The van der Waals surface area contributed by atoms with Crippen LogP contribution < -0.4 is 0 Å². The van der Waals surface area contributed by atoms with E-state index in [2.05, 4.69) is 5.10 Å². The number of halogens is 1. The van der Waals surface area contributed by atoms with Gasteiger partial charge in [-0.1, -0.05) is 23.7 Å². The van der Waals surface area contributed by atoms with Crippen molar-refractivity contribution in [3.8, 4) is 0 Å². The zero-order valence-corrected chi connectivity index (χ0v) is 14.9. The molecule has 0 aliphatic carbocycles. The lowest BCUT2D eigenvalue weighted by Crippen LogP contribution is -2.24. The van der Waals surface area contributed by atoms with Gasteiger partial charge in [0.25, 0.3) is 0 Å². The average Bonchev–Trinajstić information content (AvgIpc) is 3.15.